The van der Waals surface area contributed by atoms with E-state index in [1.807, 2.05) is 0 Å². The molecule has 0 bridgehead atoms. The van der Waals surface area contributed by atoms with Crippen LogP contribution in [-0.2, 0) is 4.79 Å². The third-order valence-electron chi connectivity index (χ3n) is 3.95. The van der Waals surface area contributed by atoms with E-state index in [-0.39, 0.29) is 42.8 Å². The monoisotopic (exact) mass is 504 g/mol. The van der Waals surface area contributed by atoms with Crippen LogP contribution >= 0.6 is 24.0 Å². The summed E-state index contributed by atoms with van der Waals surface area (Å²) in [6, 6.07) is -0.463. The predicted molar refractivity (Wildman–Crippen MR) is 95.4 cm³/mol. The first-order valence-electron chi connectivity index (χ1n) is 7.77. The van der Waals surface area contributed by atoms with Gasteiger partial charge in [-0.1, -0.05) is 6.42 Å². The van der Waals surface area contributed by atoms with Crippen molar-refractivity contribution in [1.29, 1.82) is 0 Å². The molecule has 154 valence electrons. The van der Waals surface area contributed by atoms with E-state index in [9.17, 15) is 31.1 Å². The summed E-state index contributed by atoms with van der Waals surface area (Å²) in [5, 5.41) is 5.33. The Kier molecular flexibility index (Phi) is 10.0. The van der Waals surface area contributed by atoms with E-state index < -0.39 is 43.3 Å². The summed E-state index contributed by atoms with van der Waals surface area (Å²) >= 11 is 0. The molecule has 0 aromatic heterocycles. The summed E-state index contributed by atoms with van der Waals surface area (Å²) < 4.78 is 75.1. The van der Waals surface area contributed by atoms with Gasteiger partial charge in [0.05, 0.1) is 12.5 Å². The van der Waals surface area contributed by atoms with Crippen molar-refractivity contribution in [3.63, 3.8) is 0 Å². The van der Waals surface area contributed by atoms with Gasteiger partial charge in [0.1, 0.15) is 6.54 Å². The number of likely N-dealkylation sites (N-methyl/N-ethyl adjacent to an activating group) is 1. The number of nitrogens with zero attached hydrogens (tertiary/aromatic N) is 2. The molecular formula is C14H23F6IN4O. The van der Waals surface area contributed by atoms with E-state index in [0.29, 0.717) is 17.7 Å². The third-order valence-corrected chi connectivity index (χ3v) is 3.95. The van der Waals surface area contributed by atoms with Crippen molar-refractivity contribution in [3.8, 4) is 0 Å². The maximum absolute atomic E-state index is 12.8. The smallest absolute Gasteiger partial charge is 0.354 e. The lowest BCUT2D eigenvalue weighted by atomic mass is 9.85. The first kappa shape index (κ1) is 25.1. The molecule has 2 N–H and O–H groups in total. The topological polar surface area (TPSA) is 56.7 Å². The molecule has 26 heavy (non-hydrogen) atoms. The average Bonchev–Trinajstić information content (AvgIpc) is 2.48. The number of hydrogen-bond donors (Lipinski definition) is 2. The highest BCUT2D eigenvalue weighted by molar-refractivity contribution is 14.0. The molecular weight excluding hydrogens is 481 g/mol. The standard InChI is InChI=1S/C14H22F6N4O.HI/c1-21-12(22-7-11(25)24(2)8-13(15,16)17)23-10-5-3-4-9(6-10)14(18,19)20;/h9-10H,3-8H2,1-2H3,(H2,21,22,23);1H. The molecule has 5 nitrogen and oxygen atoms in total. The Morgan fingerprint density at radius 1 is 1.19 bits per heavy atom. The van der Waals surface area contributed by atoms with Gasteiger partial charge in [-0.2, -0.15) is 26.3 Å². The second-order valence-corrected chi connectivity index (χ2v) is 6.04. The molecule has 0 aromatic rings. The summed E-state index contributed by atoms with van der Waals surface area (Å²) in [5.74, 6) is -2.12. The van der Waals surface area contributed by atoms with Crippen LogP contribution in [0.25, 0.3) is 0 Å². The van der Waals surface area contributed by atoms with Crippen molar-refractivity contribution in [1.82, 2.24) is 15.5 Å². The molecule has 0 aromatic carbocycles. The molecule has 12 heteroatoms. The lowest BCUT2D eigenvalue weighted by Crippen LogP contribution is -2.49. The summed E-state index contributed by atoms with van der Waals surface area (Å²) in [5.41, 5.74) is 0. The Morgan fingerprint density at radius 3 is 2.31 bits per heavy atom. The molecule has 0 heterocycles. The first-order valence-corrected chi connectivity index (χ1v) is 7.77. The van der Waals surface area contributed by atoms with Crippen LogP contribution in [0.1, 0.15) is 25.7 Å². The number of nitrogens with one attached hydrogen (secondary N) is 2. The first-order chi connectivity index (χ1) is 11.4. The van der Waals surface area contributed by atoms with Gasteiger partial charge in [0, 0.05) is 20.1 Å². The van der Waals surface area contributed by atoms with Crippen molar-refractivity contribution < 1.29 is 31.1 Å². The van der Waals surface area contributed by atoms with Crippen LogP contribution in [-0.4, -0.2) is 62.3 Å². The number of rotatable bonds is 4. The van der Waals surface area contributed by atoms with Crippen molar-refractivity contribution in [2.45, 2.75) is 44.1 Å². The summed E-state index contributed by atoms with van der Waals surface area (Å²) in [4.78, 5) is 16.0. The number of guanidine groups is 1. The van der Waals surface area contributed by atoms with Gasteiger partial charge in [0.15, 0.2) is 5.96 Å². The van der Waals surface area contributed by atoms with Crippen LogP contribution in [0.15, 0.2) is 4.99 Å². The second-order valence-electron chi connectivity index (χ2n) is 6.04. The van der Waals surface area contributed by atoms with E-state index in [2.05, 4.69) is 15.6 Å². The minimum Gasteiger partial charge on any atom is -0.354 e. The SMILES string of the molecule is CN=C(NCC(=O)N(C)CC(F)(F)F)NC1CCCC(C(F)(F)F)C1.I. The Labute approximate surface area is 165 Å². The number of amides is 1. The Balaban J connectivity index is 0.00000625. The van der Waals surface area contributed by atoms with Crippen LogP contribution in [0, 0.1) is 5.92 Å². The second kappa shape index (κ2) is 10.4. The van der Waals surface area contributed by atoms with E-state index in [1.165, 1.54) is 7.05 Å². The summed E-state index contributed by atoms with van der Waals surface area (Å²) in [7, 11) is 2.38. The van der Waals surface area contributed by atoms with E-state index in [0.717, 1.165) is 7.05 Å². The Bertz CT molecular complexity index is 483. The van der Waals surface area contributed by atoms with Crippen molar-refractivity contribution >= 4 is 35.8 Å². The zero-order chi connectivity index (χ0) is 19.3. The van der Waals surface area contributed by atoms with Gasteiger partial charge in [-0.25, -0.2) is 0 Å². The number of carbonyl (C=O) groups is 1. The zero-order valence-corrected chi connectivity index (χ0v) is 16.7. The average molecular weight is 504 g/mol. The minimum absolute atomic E-state index is 0. The third kappa shape index (κ3) is 9.12. The molecule has 1 fully saturated rings. The fourth-order valence-electron chi connectivity index (χ4n) is 2.66. The molecule has 1 aliphatic rings. The van der Waals surface area contributed by atoms with Crippen molar-refractivity contribution in [2.75, 3.05) is 27.2 Å². The number of hydrogen-bond acceptors (Lipinski definition) is 2. The van der Waals surface area contributed by atoms with E-state index in [1.54, 1.807) is 0 Å². The lowest BCUT2D eigenvalue weighted by molar-refractivity contribution is -0.183. The van der Waals surface area contributed by atoms with Crippen molar-refractivity contribution in [3.05, 3.63) is 0 Å². The van der Waals surface area contributed by atoms with E-state index in [4.69, 9.17) is 0 Å². The van der Waals surface area contributed by atoms with Crippen molar-refractivity contribution in [2.24, 2.45) is 10.9 Å². The van der Waals surface area contributed by atoms with Crippen LogP contribution in [0.3, 0.4) is 0 Å². The number of alkyl halides is 6. The van der Waals surface area contributed by atoms with Gasteiger partial charge in [0.2, 0.25) is 5.91 Å². The summed E-state index contributed by atoms with van der Waals surface area (Å²) in [6.07, 6.45) is -7.85. The van der Waals surface area contributed by atoms with Gasteiger partial charge in [-0.15, -0.1) is 24.0 Å². The zero-order valence-electron chi connectivity index (χ0n) is 14.4. The molecule has 2 atom stereocenters. The largest absolute Gasteiger partial charge is 0.406 e. The number of carbonyl (C=O) groups excluding carboxylic acids is 1. The molecule has 1 amide bonds. The molecule has 0 aliphatic heterocycles. The fraction of sp³-hybridized carbons (Fsp3) is 0.857. The number of halogens is 7. The van der Waals surface area contributed by atoms with Gasteiger partial charge < -0.3 is 15.5 Å². The molecule has 0 spiro atoms. The maximum atomic E-state index is 12.8. The van der Waals surface area contributed by atoms with Gasteiger partial charge in [-0.05, 0) is 19.3 Å². The molecule has 0 radical (unpaired) electrons. The highest BCUT2D eigenvalue weighted by atomic mass is 127. The van der Waals surface area contributed by atoms with Crippen LogP contribution in [0.4, 0.5) is 26.3 Å². The molecule has 1 saturated carbocycles. The Hall–Kier alpha value is -0.950. The van der Waals surface area contributed by atoms with E-state index >= 15 is 0 Å². The van der Waals surface area contributed by atoms with Gasteiger partial charge in [-0.3, -0.25) is 9.79 Å². The highest BCUT2D eigenvalue weighted by Gasteiger charge is 2.42. The van der Waals surface area contributed by atoms with Gasteiger partial charge >= 0.3 is 12.4 Å². The van der Waals surface area contributed by atoms with Crippen LogP contribution < -0.4 is 10.6 Å². The normalized spacial score (nSPS) is 21.6. The maximum Gasteiger partial charge on any atom is 0.406 e. The molecule has 1 rings (SSSR count). The van der Waals surface area contributed by atoms with Gasteiger partial charge in [0.25, 0.3) is 0 Å². The Morgan fingerprint density at radius 2 is 1.81 bits per heavy atom. The summed E-state index contributed by atoms with van der Waals surface area (Å²) in [6.45, 7) is -1.82. The molecule has 2 unspecified atom stereocenters. The molecule has 1 aliphatic carbocycles. The molecule has 0 saturated heterocycles. The fourth-order valence-corrected chi connectivity index (χ4v) is 2.66. The van der Waals surface area contributed by atoms with Crippen LogP contribution in [0.2, 0.25) is 0 Å². The number of aliphatic imine (C=N–C) groups is 1. The predicted octanol–water partition coefficient (Wildman–Crippen LogP) is 2.91. The minimum atomic E-state index is -4.50. The van der Waals surface area contributed by atoms with Crippen LogP contribution in [0.5, 0.6) is 0 Å². The quantitative estimate of drug-likeness (QED) is 0.268. The lowest BCUT2D eigenvalue weighted by Gasteiger charge is -2.32. The highest BCUT2D eigenvalue weighted by Crippen LogP contribution is 2.37.